The van der Waals surface area contributed by atoms with Crippen molar-refractivity contribution in [2.45, 2.75) is 19.0 Å². The molecule has 1 aliphatic rings. The standard InChI is InChI=1S/C10H20N2O3/c1-8-6-12(5-4-11-8)9(7-14-2)10(13)15-3/h8-9,11H,4-7H2,1-3H3/t8-,9?/m1/s1. The van der Waals surface area contributed by atoms with Gasteiger partial charge in [0, 0.05) is 32.8 Å². The highest BCUT2D eigenvalue weighted by atomic mass is 16.5. The maximum absolute atomic E-state index is 11.5. The number of hydrogen-bond acceptors (Lipinski definition) is 5. The largest absolute Gasteiger partial charge is 0.468 e. The molecule has 0 aliphatic carbocycles. The maximum Gasteiger partial charge on any atom is 0.325 e. The minimum Gasteiger partial charge on any atom is -0.468 e. The highest BCUT2D eigenvalue weighted by molar-refractivity contribution is 5.75. The van der Waals surface area contributed by atoms with Crippen molar-refractivity contribution in [2.75, 3.05) is 40.5 Å². The Labute approximate surface area is 90.7 Å². The van der Waals surface area contributed by atoms with Crippen molar-refractivity contribution in [1.82, 2.24) is 10.2 Å². The lowest BCUT2D eigenvalue weighted by molar-refractivity contribution is -0.149. The van der Waals surface area contributed by atoms with E-state index in [-0.39, 0.29) is 12.0 Å². The molecular weight excluding hydrogens is 196 g/mol. The number of carbonyl (C=O) groups is 1. The van der Waals surface area contributed by atoms with E-state index in [1.54, 1.807) is 7.11 Å². The molecule has 88 valence electrons. The summed E-state index contributed by atoms with van der Waals surface area (Å²) in [5, 5.41) is 3.33. The molecule has 0 aromatic carbocycles. The fraction of sp³-hybridized carbons (Fsp3) is 0.900. The van der Waals surface area contributed by atoms with E-state index in [1.807, 2.05) is 0 Å². The fourth-order valence-electron chi connectivity index (χ4n) is 1.86. The molecule has 1 N–H and O–H groups in total. The number of nitrogens with zero attached hydrogens (tertiary/aromatic N) is 1. The molecule has 1 rings (SSSR count). The Hall–Kier alpha value is -0.650. The van der Waals surface area contributed by atoms with Crippen molar-refractivity contribution in [3.8, 4) is 0 Å². The van der Waals surface area contributed by atoms with E-state index in [1.165, 1.54) is 7.11 Å². The zero-order chi connectivity index (χ0) is 11.3. The Kier molecular flexibility index (Phi) is 5.01. The molecule has 1 aliphatic heterocycles. The third-order valence-corrected chi connectivity index (χ3v) is 2.64. The van der Waals surface area contributed by atoms with Gasteiger partial charge in [0.2, 0.25) is 0 Å². The van der Waals surface area contributed by atoms with Crippen molar-refractivity contribution in [2.24, 2.45) is 0 Å². The molecular formula is C10H20N2O3. The van der Waals surface area contributed by atoms with Crippen molar-refractivity contribution >= 4 is 5.97 Å². The van der Waals surface area contributed by atoms with Crippen LogP contribution in [0.4, 0.5) is 0 Å². The number of methoxy groups -OCH3 is 2. The minimum atomic E-state index is -0.274. The average molecular weight is 216 g/mol. The third-order valence-electron chi connectivity index (χ3n) is 2.64. The monoisotopic (exact) mass is 216 g/mol. The fourth-order valence-corrected chi connectivity index (χ4v) is 1.86. The van der Waals surface area contributed by atoms with Crippen molar-refractivity contribution in [3.63, 3.8) is 0 Å². The summed E-state index contributed by atoms with van der Waals surface area (Å²) < 4.78 is 9.82. The second-order valence-corrected chi connectivity index (χ2v) is 3.84. The van der Waals surface area contributed by atoms with Crippen LogP contribution in [0.1, 0.15) is 6.92 Å². The number of esters is 1. The molecule has 0 amide bonds. The molecule has 1 unspecified atom stereocenters. The lowest BCUT2D eigenvalue weighted by atomic mass is 10.1. The van der Waals surface area contributed by atoms with Crippen LogP contribution in [0, 0.1) is 0 Å². The lowest BCUT2D eigenvalue weighted by Crippen LogP contribution is -2.56. The molecule has 0 bridgehead atoms. The SMILES string of the molecule is COCC(C(=O)OC)N1CCN[C@H](C)C1. The van der Waals surface area contributed by atoms with Crippen molar-refractivity contribution < 1.29 is 14.3 Å². The van der Waals surface area contributed by atoms with Crippen molar-refractivity contribution in [1.29, 1.82) is 0 Å². The normalized spacial score (nSPS) is 24.9. The van der Waals surface area contributed by atoms with E-state index in [4.69, 9.17) is 9.47 Å². The second kappa shape index (κ2) is 6.05. The van der Waals surface area contributed by atoms with E-state index in [2.05, 4.69) is 17.1 Å². The maximum atomic E-state index is 11.5. The van der Waals surface area contributed by atoms with Gasteiger partial charge < -0.3 is 14.8 Å². The van der Waals surface area contributed by atoms with E-state index >= 15 is 0 Å². The smallest absolute Gasteiger partial charge is 0.325 e. The third kappa shape index (κ3) is 3.44. The van der Waals surface area contributed by atoms with Crippen LogP contribution in [0.25, 0.3) is 0 Å². The Morgan fingerprint density at radius 3 is 2.87 bits per heavy atom. The van der Waals surface area contributed by atoms with Gasteiger partial charge in [0.05, 0.1) is 13.7 Å². The van der Waals surface area contributed by atoms with Gasteiger partial charge in [-0.25, -0.2) is 0 Å². The minimum absolute atomic E-state index is 0.217. The van der Waals surface area contributed by atoms with Gasteiger partial charge in [-0.2, -0.15) is 0 Å². The van der Waals surface area contributed by atoms with Gasteiger partial charge >= 0.3 is 5.97 Å². The van der Waals surface area contributed by atoms with Crippen LogP contribution in [0.3, 0.4) is 0 Å². The Balaban J connectivity index is 2.57. The van der Waals surface area contributed by atoms with Gasteiger partial charge in [-0.1, -0.05) is 0 Å². The molecule has 5 nitrogen and oxygen atoms in total. The molecule has 1 saturated heterocycles. The van der Waals surface area contributed by atoms with E-state index in [0.29, 0.717) is 12.6 Å². The summed E-state index contributed by atoms with van der Waals surface area (Å²) in [6.45, 7) is 5.10. The molecule has 0 aromatic heterocycles. The Morgan fingerprint density at radius 1 is 1.60 bits per heavy atom. The van der Waals surface area contributed by atoms with Crippen LogP contribution in [0.5, 0.6) is 0 Å². The molecule has 1 heterocycles. The van der Waals surface area contributed by atoms with Gasteiger partial charge in [0.25, 0.3) is 0 Å². The summed E-state index contributed by atoms with van der Waals surface area (Å²) in [5.41, 5.74) is 0. The molecule has 1 fully saturated rings. The van der Waals surface area contributed by atoms with Gasteiger partial charge in [-0.3, -0.25) is 9.69 Å². The second-order valence-electron chi connectivity index (χ2n) is 3.84. The molecule has 0 saturated carbocycles. The van der Waals surface area contributed by atoms with Crippen LogP contribution >= 0.6 is 0 Å². The predicted octanol–water partition coefficient (Wildman–Crippen LogP) is -0.532. The summed E-state index contributed by atoms with van der Waals surface area (Å²) in [6, 6.07) is 0.132. The quantitative estimate of drug-likeness (QED) is 0.640. The summed E-state index contributed by atoms with van der Waals surface area (Å²) >= 11 is 0. The zero-order valence-corrected chi connectivity index (χ0v) is 9.66. The molecule has 5 heteroatoms. The number of piperazine rings is 1. The van der Waals surface area contributed by atoms with Crippen molar-refractivity contribution in [3.05, 3.63) is 0 Å². The van der Waals surface area contributed by atoms with Gasteiger partial charge in [-0.05, 0) is 6.92 Å². The molecule has 0 spiro atoms. The first-order valence-electron chi connectivity index (χ1n) is 5.23. The molecule has 2 atom stereocenters. The van der Waals surface area contributed by atoms with Crippen LogP contribution in [-0.4, -0.2) is 63.4 Å². The number of rotatable bonds is 4. The van der Waals surface area contributed by atoms with Gasteiger partial charge in [0.15, 0.2) is 0 Å². The summed E-state index contributed by atoms with van der Waals surface area (Å²) in [5.74, 6) is -0.217. The summed E-state index contributed by atoms with van der Waals surface area (Å²) in [7, 11) is 3.01. The first kappa shape index (κ1) is 12.4. The average Bonchev–Trinajstić information content (AvgIpc) is 2.25. The van der Waals surface area contributed by atoms with Crippen LogP contribution in [-0.2, 0) is 14.3 Å². The number of ether oxygens (including phenoxy) is 2. The van der Waals surface area contributed by atoms with E-state index in [0.717, 1.165) is 19.6 Å². The summed E-state index contributed by atoms with van der Waals surface area (Å²) in [6.07, 6.45) is 0. The first-order chi connectivity index (χ1) is 7.19. The van der Waals surface area contributed by atoms with Crippen LogP contribution in [0.15, 0.2) is 0 Å². The lowest BCUT2D eigenvalue weighted by Gasteiger charge is -2.35. The first-order valence-corrected chi connectivity index (χ1v) is 5.23. The molecule has 0 radical (unpaired) electrons. The van der Waals surface area contributed by atoms with E-state index < -0.39 is 0 Å². The highest BCUT2D eigenvalue weighted by Crippen LogP contribution is 2.07. The van der Waals surface area contributed by atoms with Gasteiger partial charge in [-0.15, -0.1) is 0 Å². The van der Waals surface area contributed by atoms with Gasteiger partial charge in [0.1, 0.15) is 6.04 Å². The molecule has 0 aromatic rings. The Bertz CT molecular complexity index is 211. The zero-order valence-electron chi connectivity index (χ0n) is 9.66. The number of carbonyl (C=O) groups excluding carboxylic acids is 1. The highest BCUT2D eigenvalue weighted by Gasteiger charge is 2.29. The number of hydrogen-bond donors (Lipinski definition) is 1. The topological polar surface area (TPSA) is 50.8 Å². The Morgan fingerprint density at radius 2 is 2.33 bits per heavy atom. The number of nitrogens with one attached hydrogen (secondary N) is 1. The molecule has 15 heavy (non-hydrogen) atoms. The van der Waals surface area contributed by atoms with Crippen LogP contribution < -0.4 is 5.32 Å². The van der Waals surface area contributed by atoms with Crippen LogP contribution in [0.2, 0.25) is 0 Å². The van der Waals surface area contributed by atoms with E-state index in [9.17, 15) is 4.79 Å². The predicted molar refractivity (Wildman–Crippen MR) is 56.7 cm³/mol. The summed E-state index contributed by atoms with van der Waals surface area (Å²) in [4.78, 5) is 13.7.